The molecule has 2 rings (SSSR count). The molecule has 0 fully saturated rings. The van der Waals surface area contributed by atoms with Gasteiger partial charge in [-0.1, -0.05) is 23.7 Å². The highest BCUT2D eigenvalue weighted by molar-refractivity contribution is 6.30. The molecule has 1 atom stereocenters. The Hall–Kier alpha value is -2.09. The Morgan fingerprint density at radius 3 is 2.70 bits per heavy atom. The predicted molar refractivity (Wildman–Crippen MR) is 73.3 cm³/mol. The summed E-state index contributed by atoms with van der Waals surface area (Å²) in [7, 11) is 0. The van der Waals surface area contributed by atoms with Crippen molar-refractivity contribution in [1.82, 2.24) is 0 Å². The van der Waals surface area contributed by atoms with Crippen LogP contribution in [0.5, 0.6) is 11.5 Å². The topological polar surface area (TPSA) is 53.2 Å². The number of hydrogen-bond acceptors (Lipinski definition) is 3. The van der Waals surface area contributed by atoms with E-state index in [1.807, 2.05) is 6.07 Å². The van der Waals surface area contributed by atoms with Gasteiger partial charge in [0.2, 0.25) is 0 Å². The van der Waals surface area contributed by atoms with E-state index in [9.17, 15) is 9.50 Å². The van der Waals surface area contributed by atoms with Gasteiger partial charge in [-0.05, 0) is 25.1 Å². The average Bonchev–Trinajstić information content (AvgIpc) is 2.43. The van der Waals surface area contributed by atoms with Gasteiger partial charge in [0.15, 0.2) is 5.75 Å². The first-order chi connectivity index (χ1) is 9.52. The molecule has 1 N–H and O–H groups in total. The van der Waals surface area contributed by atoms with E-state index in [1.165, 1.54) is 12.1 Å². The highest BCUT2D eigenvalue weighted by atomic mass is 35.5. The minimum Gasteiger partial charge on any atom is -0.455 e. The van der Waals surface area contributed by atoms with Crippen LogP contribution >= 0.6 is 11.6 Å². The summed E-state index contributed by atoms with van der Waals surface area (Å²) in [5.74, 6) is -0.194. The Morgan fingerprint density at radius 2 is 2.10 bits per heavy atom. The van der Waals surface area contributed by atoms with Crippen LogP contribution < -0.4 is 4.74 Å². The zero-order valence-corrected chi connectivity index (χ0v) is 11.4. The van der Waals surface area contributed by atoms with Crippen molar-refractivity contribution in [2.75, 3.05) is 0 Å². The van der Waals surface area contributed by atoms with Crippen LogP contribution in [0.2, 0.25) is 5.02 Å². The molecule has 0 radical (unpaired) electrons. The standard InChI is InChI=1S/C15H11ClFNO2/c1-9(19)12-4-2-3-10(8-18)15(12)20-11-5-6-13(16)14(17)7-11/h2-7,9,19H,1H3. The molecule has 0 spiro atoms. The van der Waals surface area contributed by atoms with Crippen molar-refractivity contribution in [2.24, 2.45) is 0 Å². The van der Waals surface area contributed by atoms with Crippen LogP contribution in [-0.2, 0) is 0 Å². The smallest absolute Gasteiger partial charge is 0.150 e. The van der Waals surface area contributed by atoms with Gasteiger partial charge in [0.05, 0.1) is 16.7 Å². The number of nitriles is 1. The molecule has 20 heavy (non-hydrogen) atoms. The summed E-state index contributed by atoms with van der Waals surface area (Å²) in [5.41, 5.74) is 0.721. The maximum absolute atomic E-state index is 13.4. The zero-order chi connectivity index (χ0) is 14.7. The van der Waals surface area contributed by atoms with E-state index < -0.39 is 11.9 Å². The fraction of sp³-hybridized carbons (Fsp3) is 0.133. The van der Waals surface area contributed by atoms with Crippen molar-refractivity contribution in [3.63, 3.8) is 0 Å². The Morgan fingerprint density at radius 1 is 1.35 bits per heavy atom. The molecule has 102 valence electrons. The molecule has 0 aliphatic carbocycles. The molecule has 0 saturated heterocycles. The highest BCUT2D eigenvalue weighted by Gasteiger charge is 2.15. The number of ether oxygens (including phenoxy) is 1. The van der Waals surface area contributed by atoms with Crippen molar-refractivity contribution in [2.45, 2.75) is 13.0 Å². The first kappa shape index (κ1) is 14.3. The molecule has 0 aliphatic rings. The number of aliphatic hydroxyl groups excluding tert-OH is 1. The second kappa shape index (κ2) is 5.91. The van der Waals surface area contributed by atoms with Crippen LogP contribution in [0.1, 0.15) is 24.2 Å². The maximum atomic E-state index is 13.4. The van der Waals surface area contributed by atoms with Crippen LogP contribution in [0.25, 0.3) is 0 Å². The van der Waals surface area contributed by atoms with Gasteiger partial charge >= 0.3 is 0 Å². The largest absolute Gasteiger partial charge is 0.455 e. The van der Waals surface area contributed by atoms with Gasteiger partial charge in [0.25, 0.3) is 0 Å². The third-order valence-electron chi connectivity index (χ3n) is 2.73. The minimum absolute atomic E-state index is 0.0123. The maximum Gasteiger partial charge on any atom is 0.150 e. The van der Waals surface area contributed by atoms with Crippen LogP contribution in [-0.4, -0.2) is 5.11 Å². The second-order valence-electron chi connectivity index (χ2n) is 4.19. The van der Waals surface area contributed by atoms with E-state index in [1.54, 1.807) is 25.1 Å². The molecular formula is C15H11ClFNO2. The summed E-state index contributed by atoms with van der Waals surface area (Å²) in [6.07, 6.45) is -0.810. The van der Waals surface area contributed by atoms with Gasteiger partial charge in [-0.15, -0.1) is 0 Å². The van der Waals surface area contributed by atoms with Crippen LogP contribution in [0, 0.1) is 17.1 Å². The molecular weight excluding hydrogens is 281 g/mol. The zero-order valence-electron chi connectivity index (χ0n) is 10.6. The summed E-state index contributed by atoms with van der Waals surface area (Å²) in [6, 6.07) is 10.8. The molecule has 0 amide bonds. The van der Waals surface area contributed by atoms with Crippen molar-refractivity contribution in [3.8, 4) is 17.6 Å². The summed E-state index contributed by atoms with van der Waals surface area (Å²) in [5, 5.41) is 18.8. The van der Waals surface area contributed by atoms with Crippen LogP contribution in [0.15, 0.2) is 36.4 Å². The lowest BCUT2D eigenvalue weighted by Gasteiger charge is -2.14. The van der Waals surface area contributed by atoms with Gasteiger partial charge in [0, 0.05) is 11.6 Å². The lowest BCUT2D eigenvalue weighted by atomic mass is 10.1. The van der Waals surface area contributed by atoms with Gasteiger partial charge in [0.1, 0.15) is 17.6 Å². The van der Waals surface area contributed by atoms with E-state index >= 15 is 0 Å². The molecule has 0 bridgehead atoms. The van der Waals surface area contributed by atoms with Crippen molar-refractivity contribution < 1.29 is 14.2 Å². The molecule has 3 nitrogen and oxygen atoms in total. The molecule has 0 aliphatic heterocycles. The quantitative estimate of drug-likeness (QED) is 0.922. The number of benzene rings is 2. The Balaban J connectivity index is 2.47. The fourth-order valence-electron chi connectivity index (χ4n) is 1.74. The number of hydrogen-bond donors (Lipinski definition) is 1. The molecule has 5 heteroatoms. The van der Waals surface area contributed by atoms with Gasteiger partial charge < -0.3 is 9.84 Å². The van der Waals surface area contributed by atoms with Gasteiger partial charge in [-0.25, -0.2) is 4.39 Å². The summed E-state index contributed by atoms with van der Waals surface area (Å²) < 4.78 is 18.9. The lowest BCUT2D eigenvalue weighted by molar-refractivity contribution is 0.195. The predicted octanol–water partition coefficient (Wildman–Crippen LogP) is 4.20. The normalized spacial score (nSPS) is 11.8. The molecule has 0 saturated carbocycles. The van der Waals surface area contributed by atoms with Crippen molar-refractivity contribution in [3.05, 3.63) is 58.4 Å². The number of halogens is 2. The summed E-state index contributed by atoms with van der Waals surface area (Å²) >= 11 is 5.60. The SMILES string of the molecule is CC(O)c1cccc(C#N)c1Oc1ccc(Cl)c(F)c1. The number of nitrogens with zero attached hydrogens (tertiary/aromatic N) is 1. The molecule has 2 aromatic rings. The Kier molecular flexibility index (Phi) is 4.23. The van der Waals surface area contributed by atoms with Gasteiger partial charge in [-0.2, -0.15) is 5.26 Å². The van der Waals surface area contributed by atoms with Crippen LogP contribution in [0.3, 0.4) is 0 Å². The lowest BCUT2D eigenvalue weighted by Crippen LogP contribution is -1.98. The third kappa shape index (κ3) is 2.90. The van der Waals surface area contributed by atoms with E-state index in [2.05, 4.69) is 0 Å². The third-order valence-corrected chi connectivity index (χ3v) is 3.03. The first-order valence-electron chi connectivity index (χ1n) is 5.87. The van der Waals surface area contributed by atoms with Gasteiger partial charge in [-0.3, -0.25) is 0 Å². The van der Waals surface area contributed by atoms with Crippen molar-refractivity contribution >= 4 is 11.6 Å². The number of rotatable bonds is 3. The fourth-order valence-corrected chi connectivity index (χ4v) is 1.86. The van der Waals surface area contributed by atoms with E-state index in [-0.39, 0.29) is 22.1 Å². The van der Waals surface area contributed by atoms with E-state index in [4.69, 9.17) is 21.6 Å². The molecule has 0 heterocycles. The highest BCUT2D eigenvalue weighted by Crippen LogP contribution is 2.33. The van der Waals surface area contributed by atoms with Crippen LogP contribution in [0.4, 0.5) is 4.39 Å². The molecule has 0 aromatic heterocycles. The summed E-state index contributed by atoms with van der Waals surface area (Å²) in [6.45, 7) is 1.56. The van der Waals surface area contributed by atoms with E-state index in [0.29, 0.717) is 5.56 Å². The minimum atomic E-state index is -0.810. The van der Waals surface area contributed by atoms with E-state index in [0.717, 1.165) is 6.07 Å². The number of para-hydroxylation sites is 1. The molecule has 1 unspecified atom stereocenters. The van der Waals surface area contributed by atoms with Crippen molar-refractivity contribution in [1.29, 1.82) is 5.26 Å². The summed E-state index contributed by atoms with van der Waals surface area (Å²) in [4.78, 5) is 0. The molecule has 2 aromatic carbocycles. The second-order valence-corrected chi connectivity index (χ2v) is 4.60. The Labute approximate surface area is 120 Å². The monoisotopic (exact) mass is 291 g/mol. The Bertz CT molecular complexity index is 680. The first-order valence-corrected chi connectivity index (χ1v) is 6.24. The average molecular weight is 292 g/mol. The number of aliphatic hydroxyl groups is 1.